The van der Waals surface area contributed by atoms with Crippen molar-refractivity contribution in [1.82, 2.24) is 4.90 Å². The molecule has 1 saturated heterocycles. The molecule has 2 aromatic carbocycles. The number of piperidine rings is 1. The summed E-state index contributed by atoms with van der Waals surface area (Å²) in [5.41, 5.74) is -0.984. The number of nitrogens with zero attached hydrogens (tertiary/aromatic N) is 1. The maximum atomic E-state index is 13.4. The van der Waals surface area contributed by atoms with E-state index in [2.05, 4.69) is 5.32 Å². The fourth-order valence-electron chi connectivity index (χ4n) is 3.37. The van der Waals surface area contributed by atoms with Crippen LogP contribution in [0.1, 0.15) is 24.0 Å². The molecule has 1 atom stereocenters. The van der Waals surface area contributed by atoms with E-state index in [1.54, 1.807) is 0 Å². The van der Waals surface area contributed by atoms with E-state index in [9.17, 15) is 31.5 Å². The molecule has 9 heteroatoms. The first-order valence-corrected chi connectivity index (χ1v) is 9.33. The summed E-state index contributed by atoms with van der Waals surface area (Å²) < 4.78 is 64.9. The van der Waals surface area contributed by atoms with Gasteiger partial charge >= 0.3 is 6.18 Å². The van der Waals surface area contributed by atoms with E-state index in [0.29, 0.717) is 37.1 Å². The van der Waals surface area contributed by atoms with Gasteiger partial charge in [0.2, 0.25) is 11.8 Å². The summed E-state index contributed by atoms with van der Waals surface area (Å²) in [4.78, 5) is 26.5. The lowest BCUT2D eigenvalue weighted by molar-refractivity contribution is -0.140. The maximum Gasteiger partial charge on any atom is 0.419 e. The third-order valence-electron chi connectivity index (χ3n) is 4.95. The molecule has 2 amide bonds. The van der Waals surface area contributed by atoms with Crippen molar-refractivity contribution in [3.63, 3.8) is 0 Å². The molecule has 160 valence electrons. The maximum absolute atomic E-state index is 13.4. The van der Waals surface area contributed by atoms with Crippen molar-refractivity contribution >= 4 is 17.5 Å². The molecule has 0 saturated carbocycles. The number of alkyl halides is 3. The first kappa shape index (κ1) is 21.7. The lowest BCUT2D eigenvalue weighted by Crippen LogP contribution is -2.44. The van der Waals surface area contributed by atoms with Crippen LogP contribution in [0.25, 0.3) is 0 Å². The van der Waals surface area contributed by atoms with Crippen molar-refractivity contribution in [1.29, 1.82) is 0 Å². The summed E-state index contributed by atoms with van der Waals surface area (Å²) in [6.07, 6.45) is -3.79. The SMILES string of the molecule is O=C(Nc1ccc(F)c(C(F)(F)F)c1)C1CCCN(C(=O)Cc2ccc(F)cc2)C1. The molecule has 0 bridgehead atoms. The van der Waals surface area contributed by atoms with Gasteiger partial charge in [0.05, 0.1) is 17.9 Å². The number of benzene rings is 2. The smallest absolute Gasteiger partial charge is 0.342 e. The Morgan fingerprint density at radius 1 is 1.07 bits per heavy atom. The zero-order chi connectivity index (χ0) is 21.9. The van der Waals surface area contributed by atoms with E-state index in [-0.39, 0.29) is 24.6 Å². The van der Waals surface area contributed by atoms with Gasteiger partial charge in [-0.3, -0.25) is 9.59 Å². The molecule has 1 heterocycles. The van der Waals surface area contributed by atoms with Crippen molar-refractivity contribution in [2.24, 2.45) is 5.92 Å². The summed E-state index contributed by atoms with van der Waals surface area (Å²) in [5, 5.41) is 2.38. The van der Waals surface area contributed by atoms with Crippen LogP contribution in [0.5, 0.6) is 0 Å². The van der Waals surface area contributed by atoms with Crippen molar-refractivity contribution in [3.05, 3.63) is 65.2 Å². The molecule has 3 rings (SSSR count). The van der Waals surface area contributed by atoms with Gasteiger partial charge in [-0.25, -0.2) is 8.78 Å². The summed E-state index contributed by atoms with van der Waals surface area (Å²) in [6, 6.07) is 7.79. The molecule has 0 aliphatic carbocycles. The van der Waals surface area contributed by atoms with E-state index < -0.39 is 35.2 Å². The highest BCUT2D eigenvalue weighted by Crippen LogP contribution is 2.33. The fourth-order valence-corrected chi connectivity index (χ4v) is 3.37. The molecule has 1 unspecified atom stereocenters. The highest BCUT2D eigenvalue weighted by molar-refractivity contribution is 5.93. The van der Waals surface area contributed by atoms with Crippen LogP contribution in [0.2, 0.25) is 0 Å². The highest BCUT2D eigenvalue weighted by Gasteiger charge is 2.35. The van der Waals surface area contributed by atoms with Gasteiger partial charge in [0.25, 0.3) is 0 Å². The average Bonchev–Trinajstić information content (AvgIpc) is 2.70. The molecule has 1 fully saturated rings. The lowest BCUT2D eigenvalue weighted by atomic mass is 9.96. The van der Waals surface area contributed by atoms with E-state index in [0.717, 1.165) is 6.07 Å². The summed E-state index contributed by atoms with van der Waals surface area (Å²) in [6.45, 7) is 0.581. The van der Waals surface area contributed by atoms with E-state index >= 15 is 0 Å². The molecule has 1 N–H and O–H groups in total. The predicted molar refractivity (Wildman–Crippen MR) is 99.4 cm³/mol. The minimum Gasteiger partial charge on any atom is -0.342 e. The van der Waals surface area contributed by atoms with Crippen LogP contribution in [-0.2, 0) is 22.2 Å². The van der Waals surface area contributed by atoms with Gasteiger partial charge in [-0.15, -0.1) is 0 Å². The molecular formula is C21H19F5N2O2. The van der Waals surface area contributed by atoms with Crippen LogP contribution in [-0.4, -0.2) is 29.8 Å². The van der Waals surface area contributed by atoms with Gasteiger partial charge in [0, 0.05) is 18.8 Å². The van der Waals surface area contributed by atoms with Crippen molar-refractivity contribution in [2.75, 3.05) is 18.4 Å². The Hall–Kier alpha value is -2.97. The second-order valence-electron chi connectivity index (χ2n) is 7.16. The van der Waals surface area contributed by atoms with Gasteiger partial charge in [0.1, 0.15) is 11.6 Å². The van der Waals surface area contributed by atoms with Crippen LogP contribution in [0.3, 0.4) is 0 Å². The van der Waals surface area contributed by atoms with Crippen LogP contribution < -0.4 is 5.32 Å². The number of likely N-dealkylation sites (tertiary alicyclic amines) is 1. The summed E-state index contributed by atoms with van der Waals surface area (Å²) >= 11 is 0. The van der Waals surface area contributed by atoms with E-state index in [1.165, 1.54) is 29.2 Å². The number of carbonyl (C=O) groups is 2. The standard InChI is InChI=1S/C21H19F5N2O2/c22-15-5-3-13(4-6-15)10-19(29)28-9-1-2-14(12-28)20(30)27-16-7-8-18(23)17(11-16)21(24,25)26/h3-8,11,14H,1-2,9-10,12H2,(H,27,30). The normalized spacial score (nSPS) is 17.0. The second-order valence-corrected chi connectivity index (χ2v) is 7.16. The van der Waals surface area contributed by atoms with Gasteiger partial charge in [0.15, 0.2) is 0 Å². The average molecular weight is 426 g/mol. The molecule has 4 nitrogen and oxygen atoms in total. The van der Waals surface area contributed by atoms with Gasteiger partial charge in [-0.2, -0.15) is 13.2 Å². The van der Waals surface area contributed by atoms with Gasteiger partial charge in [-0.1, -0.05) is 12.1 Å². The summed E-state index contributed by atoms with van der Waals surface area (Å²) in [5.74, 6) is -3.18. The Morgan fingerprint density at radius 2 is 1.77 bits per heavy atom. The zero-order valence-corrected chi connectivity index (χ0v) is 15.8. The Labute approximate surface area is 169 Å². The summed E-state index contributed by atoms with van der Waals surface area (Å²) in [7, 11) is 0. The largest absolute Gasteiger partial charge is 0.419 e. The minimum absolute atomic E-state index is 0.0571. The van der Waals surface area contributed by atoms with E-state index in [4.69, 9.17) is 0 Å². The Morgan fingerprint density at radius 3 is 2.43 bits per heavy atom. The van der Waals surface area contributed by atoms with Crippen LogP contribution in [0.4, 0.5) is 27.6 Å². The third kappa shape index (κ3) is 5.34. The van der Waals surface area contributed by atoms with E-state index in [1.807, 2.05) is 0 Å². The zero-order valence-electron chi connectivity index (χ0n) is 15.8. The third-order valence-corrected chi connectivity index (χ3v) is 4.95. The van der Waals surface area contributed by atoms with Crippen molar-refractivity contribution in [2.45, 2.75) is 25.4 Å². The topological polar surface area (TPSA) is 49.4 Å². The first-order chi connectivity index (χ1) is 14.1. The number of rotatable bonds is 4. The lowest BCUT2D eigenvalue weighted by Gasteiger charge is -2.32. The monoisotopic (exact) mass is 426 g/mol. The van der Waals surface area contributed by atoms with Gasteiger partial charge < -0.3 is 10.2 Å². The Kier molecular flexibility index (Phi) is 6.38. The quantitative estimate of drug-likeness (QED) is 0.737. The van der Waals surface area contributed by atoms with Gasteiger partial charge in [-0.05, 0) is 48.7 Å². The number of amides is 2. The van der Waals surface area contributed by atoms with Crippen molar-refractivity contribution in [3.8, 4) is 0 Å². The number of nitrogens with one attached hydrogen (secondary N) is 1. The minimum atomic E-state index is -4.88. The second kappa shape index (κ2) is 8.81. The molecule has 0 spiro atoms. The van der Waals surface area contributed by atoms with Crippen molar-refractivity contribution < 1.29 is 31.5 Å². The van der Waals surface area contributed by atoms with Crippen LogP contribution in [0, 0.1) is 17.6 Å². The molecule has 1 aliphatic rings. The van der Waals surface area contributed by atoms with Crippen LogP contribution >= 0.6 is 0 Å². The Balaban J connectivity index is 1.63. The number of hydrogen-bond donors (Lipinski definition) is 1. The molecule has 1 aliphatic heterocycles. The number of halogens is 5. The fraction of sp³-hybridized carbons (Fsp3) is 0.333. The molecular weight excluding hydrogens is 407 g/mol. The molecule has 0 radical (unpaired) electrons. The number of anilines is 1. The molecule has 2 aromatic rings. The molecule has 0 aromatic heterocycles. The molecule has 30 heavy (non-hydrogen) atoms. The van der Waals surface area contributed by atoms with Crippen LogP contribution in [0.15, 0.2) is 42.5 Å². The first-order valence-electron chi connectivity index (χ1n) is 9.33. The number of carbonyl (C=O) groups excluding carboxylic acids is 2. The highest BCUT2D eigenvalue weighted by atomic mass is 19.4. The Bertz CT molecular complexity index is 928. The number of hydrogen-bond acceptors (Lipinski definition) is 2. The predicted octanol–water partition coefficient (Wildman–Crippen LogP) is 4.40.